The first-order valence-electron chi connectivity index (χ1n) is 7.02. The summed E-state index contributed by atoms with van der Waals surface area (Å²) in [7, 11) is 1.61. The zero-order chi connectivity index (χ0) is 16.1. The van der Waals surface area contributed by atoms with Crippen molar-refractivity contribution in [3.63, 3.8) is 0 Å². The van der Waals surface area contributed by atoms with Crippen LogP contribution in [0.3, 0.4) is 0 Å². The molecule has 2 aliphatic rings. The van der Waals surface area contributed by atoms with E-state index in [-0.39, 0.29) is 22.4 Å². The number of nitrogens with zero attached hydrogens (tertiary/aromatic N) is 1. The number of thiocarbonyl (C=S) groups is 1. The first kappa shape index (κ1) is 14.8. The summed E-state index contributed by atoms with van der Waals surface area (Å²) in [6.07, 6.45) is 4.05. The van der Waals surface area contributed by atoms with Gasteiger partial charge in [-0.3, -0.25) is 9.69 Å². The second-order valence-corrected chi connectivity index (χ2v) is 6.33. The molecular weight excluding hydrogens is 298 g/mol. The van der Waals surface area contributed by atoms with Gasteiger partial charge >= 0.3 is 0 Å². The zero-order valence-electron chi connectivity index (χ0n) is 13.0. The number of fused-ring (bicyclic) bond motifs is 1. The van der Waals surface area contributed by atoms with Gasteiger partial charge in [-0.1, -0.05) is 12.1 Å². The van der Waals surface area contributed by atoms with Crippen LogP contribution in [0.1, 0.15) is 31.9 Å². The molecule has 0 radical (unpaired) electrons. The van der Waals surface area contributed by atoms with E-state index in [9.17, 15) is 4.79 Å². The molecule has 0 aliphatic carbocycles. The van der Waals surface area contributed by atoms with Crippen LogP contribution in [0.4, 0.5) is 0 Å². The molecule has 114 valence electrons. The van der Waals surface area contributed by atoms with Gasteiger partial charge in [-0.05, 0) is 56.8 Å². The fourth-order valence-electron chi connectivity index (χ4n) is 2.42. The van der Waals surface area contributed by atoms with Crippen LogP contribution in [-0.4, -0.2) is 28.6 Å². The quantitative estimate of drug-likeness (QED) is 0.588. The Morgan fingerprint density at radius 1 is 1.32 bits per heavy atom. The van der Waals surface area contributed by atoms with Gasteiger partial charge in [0.25, 0.3) is 11.1 Å². The lowest BCUT2D eigenvalue weighted by Gasteiger charge is -2.28. The highest BCUT2D eigenvalue weighted by Crippen LogP contribution is 2.34. The van der Waals surface area contributed by atoms with Crippen LogP contribution < -0.4 is 4.74 Å². The van der Waals surface area contributed by atoms with E-state index < -0.39 is 0 Å². The number of allylic oxidation sites excluding steroid dienone is 1. The van der Waals surface area contributed by atoms with Crippen molar-refractivity contribution in [1.82, 2.24) is 4.90 Å². The van der Waals surface area contributed by atoms with Crippen molar-refractivity contribution < 1.29 is 14.3 Å². The van der Waals surface area contributed by atoms with Gasteiger partial charge < -0.3 is 9.47 Å². The molecule has 1 amide bonds. The molecule has 22 heavy (non-hydrogen) atoms. The van der Waals surface area contributed by atoms with Crippen molar-refractivity contribution in [2.75, 3.05) is 7.05 Å². The summed E-state index contributed by atoms with van der Waals surface area (Å²) in [6.45, 7) is 5.87. The van der Waals surface area contributed by atoms with Crippen molar-refractivity contribution in [2.45, 2.75) is 26.4 Å². The summed E-state index contributed by atoms with van der Waals surface area (Å²) < 4.78 is 11.3. The first-order valence-corrected chi connectivity index (χ1v) is 7.43. The Hall–Kier alpha value is -2.14. The van der Waals surface area contributed by atoms with E-state index >= 15 is 0 Å². The molecular formula is C17H17NO3S. The monoisotopic (exact) mass is 315 g/mol. The molecule has 0 N–H and O–H groups in total. The Balaban J connectivity index is 2.01. The summed E-state index contributed by atoms with van der Waals surface area (Å²) in [4.78, 5) is 13.5. The molecule has 0 saturated carbocycles. The second-order valence-electron chi connectivity index (χ2n) is 5.98. The molecule has 5 heteroatoms. The highest BCUT2D eigenvalue weighted by Gasteiger charge is 2.32. The number of ether oxygens (including phenoxy) is 2. The minimum absolute atomic E-state index is 0.183. The Labute approximate surface area is 135 Å². The minimum Gasteiger partial charge on any atom is -0.483 e. The van der Waals surface area contributed by atoms with Crippen molar-refractivity contribution in [1.29, 1.82) is 0 Å². The fourth-order valence-corrected chi connectivity index (χ4v) is 2.58. The number of carbonyl (C=O) groups is 1. The van der Waals surface area contributed by atoms with E-state index in [1.807, 2.05) is 51.1 Å². The van der Waals surface area contributed by atoms with E-state index in [0.717, 1.165) is 22.4 Å². The molecule has 1 aromatic rings. The highest BCUT2D eigenvalue weighted by molar-refractivity contribution is 7.80. The number of rotatable bonds is 1. The Bertz CT molecular complexity index is 746. The van der Waals surface area contributed by atoms with Crippen LogP contribution in [0.25, 0.3) is 11.6 Å². The largest absolute Gasteiger partial charge is 0.483 e. The molecule has 0 atom stereocenters. The molecule has 2 aliphatic heterocycles. The van der Waals surface area contributed by atoms with E-state index in [1.165, 1.54) is 4.90 Å². The van der Waals surface area contributed by atoms with Crippen molar-refractivity contribution >= 4 is 34.9 Å². The predicted molar refractivity (Wildman–Crippen MR) is 89.2 cm³/mol. The third kappa shape index (κ3) is 2.41. The molecule has 2 heterocycles. The normalized spacial score (nSPS) is 21.4. The van der Waals surface area contributed by atoms with Gasteiger partial charge in [0, 0.05) is 18.2 Å². The molecule has 0 aromatic heterocycles. The number of likely N-dealkylation sites (N-methyl/N-ethyl adjacent to an activating group) is 1. The maximum atomic E-state index is 12.1. The summed E-state index contributed by atoms with van der Waals surface area (Å²) >= 11 is 5.01. The molecule has 1 saturated heterocycles. The van der Waals surface area contributed by atoms with Crippen LogP contribution in [-0.2, 0) is 9.53 Å². The summed E-state index contributed by atoms with van der Waals surface area (Å²) in [6, 6.07) is 5.83. The number of hydrogen-bond acceptors (Lipinski definition) is 4. The third-order valence-electron chi connectivity index (χ3n) is 3.78. The minimum atomic E-state index is -0.304. The Morgan fingerprint density at radius 2 is 2.05 bits per heavy atom. The maximum absolute atomic E-state index is 12.1. The first-order chi connectivity index (χ1) is 10.3. The van der Waals surface area contributed by atoms with Gasteiger partial charge in [-0.25, -0.2) is 0 Å². The highest BCUT2D eigenvalue weighted by atomic mass is 32.1. The summed E-state index contributed by atoms with van der Waals surface area (Å²) in [5, 5.41) is 0.183. The molecule has 3 rings (SSSR count). The molecule has 1 aromatic carbocycles. The molecule has 0 spiro atoms. The van der Waals surface area contributed by atoms with Crippen LogP contribution in [0, 0.1) is 0 Å². The standard InChI is InChI=1S/C17H17NO3S/c1-10(14-15(19)18(4)16(22)20-14)11-5-6-13-12(9-11)7-8-17(2,3)21-13/h5-9H,1-4H3/b14-10-. The Kier molecular flexibility index (Phi) is 3.33. The second kappa shape index (κ2) is 4.95. The van der Waals surface area contributed by atoms with Crippen LogP contribution >= 0.6 is 12.2 Å². The summed E-state index contributed by atoms with van der Waals surface area (Å²) in [5.41, 5.74) is 2.35. The predicted octanol–water partition coefficient (Wildman–Crippen LogP) is 3.38. The fraction of sp³-hybridized carbons (Fsp3) is 0.294. The van der Waals surface area contributed by atoms with Crippen LogP contribution in [0.15, 0.2) is 30.0 Å². The van der Waals surface area contributed by atoms with Crippen molar-refractivity contribution in [3.05, 3.63) is 41.2 Å². The van der Waals surface area contributed by atoms with Crippen LogP contribution in [0.5, 0.6) is 5.75 Å². The van der Waals surface area contributed by atoms with E-state index in [4.69, 9.17) is 21.7 Å². The molecule has 0 unspecified atom stereocenters. The van der Waals surface area contributed by atoms with E-state index in [1.54, 1.807) is 7.05 Å². The van der Waals surface area contributed by atoms with Gasteiger partial charge in [0.05, 0.1) is 0 Å². The SMILES string of the molecule is C/C(=C1/OC(=S)N(C)C1=O)c1ccc2c(c1)C=CC(C)(C)O2. The van der Waals surface area contributed by atoms with Gasteiger partial charge in [-0.15, -0.1) is 0 Å². The van der Waals surface area contributed by atoms with Crippen LogP contribution in [0.2, 0.25) is 0 Å². The lowest BCUT2D eigenvalue weighted by Crippen LogP contribution is -2.27. The van der Waals surface area contributed by atoms with Gasteiger partial charge in [0.2, 0.25) is 0 Å². The number of benzene rings is 1. The van der Waals surface area contributed by atoms with Gasteiger partial charge in [-0.2, -0.15) is 0 Å². The topological polar surface area (TPSA) is 38.8 Å². The lowest BCUT2D eigenvalue weighted by molar-refractivity contribution is -0.122. The van der Waals surface area contributed by atoms with Gasteiger partial charge in [0.15, 0.2) is 5.76 Å². The maximum Gasteiger partial charge on any atom is 0.297 e. The third-order valence-corrected chi connectivity index (χ3v) is 4.14. The molecule has 4 nitrogen and oxygen atoms in total. The number of carbonyl (C=O) groups excluding carboxylic acids is 1. The summed E-state index contributed by atoms with van der Waals surface area (Å²) in [5.74, 6) is 0.905. The average Bonchev–Trinajstić information content (AvgIpc) is 2.73. The zero-order valence-corrected chi connectivity index (χ0v) is 13.8. The van der Waals surface area contributed by atoms with Crippen molar-refractivity contribution in [2.24, 2.45) is 0 Å². The van der Waals surface area contributed by atoms with E-state index in [2.05, 4.69) is 0 Å². The number of hydrogen-bond donors (Lipinski definition) is 0. The van der Waals surface area contributed by atoms with E-state index in [0.29, 0.717) is 0 Å². The van der Waals surface area contributed by atoms with Crippen molar-refractivity contribution in [3.8, 4) is 5.75 Å². The molecule has 0 bridgehead atoms. The molecule has 1 fully saturated rings. The number of amides is 1. The average molecular weight is 315 g/mol. The Morgan fingerprint density at radius 3 is 2.68 bits per heavy atom. The lowest BCUT2D eigenvalue weighted by atomic mass is 9.98. The smallest absolute Gasteiger partial charge is 0.297 e. The van der Waals surface area contributed by atoms with Gasteiger partial charge in [0.1, 0.15) is 11.4 Å².